The second kappa shape index (κ2) is 7.97. The zero-order valence-corrected chi connectivity index (χ0v) is 15.1. The van der Waals surface area contributed by atoms with Gasteiger partial charge in [0.15, 0.2) is 0 Å². The smallest absolute Gasteiger partial charge is 0.309 e. The standard InChI is InChI=1S/C19H29FN2O2/c1-5-24-19(23)18-12(2)8-15(9-13(18)3)22(4)11-14-6-7-17(21)16(20)10-14/h6-7,10,12-13,15,18H,5,8-9,11,21H2,1-4H3. The van der Waals surface area contributed by atoms with Crippen LogP contribution < -0.4 is 5.73 Å². The van der Waals surface area contributed by atoms with Gasteiger partial charge in [-0.15, -0.1) is 0 Å². The lowest BCUT2D eigenvalue weighted by atomic mass is 9.71. The van der Waals surface area contributed by atoms with Gasteiger partial charge >= 0.3 is 5.97 Å². The van der Waals surface area contributed by atoms with Gasteiger partial charge < -0.3 is 10.5 Å². The van der Waals surface area contributed by atoms with Crippen LogP contribution in [0.15, 0.2) is 18.2 Å². The van der Waals surface area contributed by atoms with Gasteiger partial charge in [0.2, 0.25) is 0 Å². The number of halogens is 1. The molecular weight excluding hydrogens is 307 g/mol. The molecule has 1 fully saturated rings. The maximum atomic E-state index is 13.6. The molecule has 1 saturated carbocycles. The molecule has 24 heavy (non-hydrogen) atoms. The molecule has 1 aliphatic carbocycles. The molecular formula is C19H29FN2O2. The van der Waals surface area contributed by atoms with Crippen molar-refractivity contribution < 1.29 is 13.9 Å². The fraction of sp³-hybridized carbons (Fsp3) is 0.632. The maximum absolute atomic E-state index is 13.6. The Labute approximate surface area is 144 Å². The molecule has 0 aromatic heterocycles. The number of hydrogen-bond donors (Lipinski definition) is 1. The largest absolute Gasteiger partial charge is 0.466 e. The Morgan fingerprint density at radius 1 is 1.33 bits per heavy atom. The molecule has 134 valence electrons. The minimum absolute atomic E-state index is 0.0245. The summed E-state index contributed by atoms with van der Waals surface area (Å²) in [5.41, 5.74) is 6.63. The van der Waals surface area contributed by atoms with Gasteiger partial charge in [-0.05, 0) is 56.3 Å². The zero-order chi connectivity index (χ0) is 17.9. The lowest BCUT2D eigenvalue weighted by Crippen LogP contribution is -2.44. The van der Waals surface area contributed by atoms with E-state index in [0.29, 0.717) is 19.2 Å². The number of esters is 1. The monoisotopic (exact) mass is 336 g/mol. The summed E-state index contributed by atoms with van der Waals surface area (Å²) in [4.78, 5) is 14.4. The van der Waals surface area contributed by atoms with Crippen LogP contribution in [0, 0.1) is 23.6 Å². The fourth-order valence-electron chi connectivity index (χ4n) is 3.96. The Hall–Kier alpha value is -1.62. The second-order valence-electron chi connectivity index (χ2n) is 7.13. The van der Waals surface area contributed by atoms with E-state index >= 15 is 0 Å². The van der Waals surface area contributed by atoms with Crippen molar-refractivity contribution in [3.63, 3.8) is 0 Å². The van der Waals surface area contributed by atoms with Crippen LogP contribution in [0.1, 0.15) is 39.2 Å². The summed E-state index contributed by atoms with van der Waals surface area (Å²) in [7, 11) is 2.06. The number of rotatable bonds is 5. The second-order valence-corrected chi connectivity index (χ2v) is 7.13. The highest BCUT2D eigenvalue weighted by Gasteiger charge is 2.39. The molecule has 0 bridgehead atoms. The van der Waals surface area contributed by atoms with Gasteiger partial charge in [-0.2, -0.15) is 0 Å². The van der Waals surface area contributed by atoms with Crippen LogP contribution in [0.25, 0.3) is 0 Å². The molecule has 1 aromatic carbocycles. The van der Waals surface area contributed by atoms with Crippen molar-refractivity contribution in [3.8, 4) is 0 Å². The third kappa shape index (κ3) is 4.26. The number of nitrogen functional groups attached to an aromatic ring is 1. The third-order valence-corrected chi connectivity index (χ3v) is 5.19. The molecule has 2 N–H and O–H groups in total. The van der Waals surface area contributed by atoms with Crippen molar-refractivity contribution in [1.29, 1.82) is 0 Å². The number of nitrogens with two attached hydrogens (primary N) is 1. The van der Waals surface area contributed by atoms with E-state index < -0.39 is 0 Å². The summed E-state index contributed by atoms with van der Waals surface area (Å²) in [5.74, 6) is 0.100. The van der Waals surface area contributed by atoms with Crippen LogP contribution in [-0.4, -0.2) is 30.6 Å². The Morgan fingerprint density at radius 2 is 1.96 bits per heavy atom. The average Bonchev–Trinajstić information content (AvgIpc) is 2.50. The van der Waals surface area contributed by atoms with Crippen LogP contribution >= 0.6 is 0 Å². The van der Waals surface area contributed by atoms with Crippen molar-refractivity contribution >= 4 is 11.7 Å². The minimum atomic E-state index is -0.367. The molecule has 2 rings (SSSR count). The van der Waals surface area contributed by atoms with Crippen molar-refractivity contribution in [2.45, 2.75) is 46.2 Å². The first-order valence-electron chi connectivity index (χ1n) is 8.74. The van der Waals surface area contributed by atoms with Crippen LogP contribution in [0.2, 0.25) is 0 Å². The summed E-state index contributed by atoms with van der Waals surface area (Å²) < 4.78 is 18.8. The van der Waals surface area contributed by atoms with E-state index in [4.69, 9.17) is 10.5 Å². The van der Waals surface area contributed by atoms with E-state index in [9.17, 15) is 9.18 Å². The van der Waals surface area contributed by atoms with E-state index in [0.717, 1.165) is 18.4 Å². The van der Waals surface area contributed by atoms with E-state index in [1.165, 1.54) is 6.07 Å². The van der Waals surface area contributed by atoms with E-state index in [-0.39, 0.29) is 35.2 Å². The molecule has 0 spiro atoms. The fourth-order valence-corrected chi connectivity index (χ4v) is 3.96. The highest BCUT2D eigenvalue weighted by Crippen LogP contribution is 2.37. The zero-order valence-electron chi connectivity index (χ0n) is 15.1. The van der Waals surface area contributed by atoms with Crippen molar-refractivity contribution in [1.82, 2.24) is 4.90 Å². The summed E-state index contributed by atoms with van der Waals surface area (Å²) >= 11 is 0. The number of carbonyl (C=O) groups is 1. The highest BCUT2D eigenvalue weighted by atomic mass is 19.1. The molecule has 2 unspecified atom stereocenters. The lowest BCUT2D eigenvalue weighted by Gasteiger charge is -2.41. The summed E-state index contributed by atoms with van der Waals surface area (Å²) in [5, 5.41) is 0. The van der Waals surface area contributed by atoms with Crippen LogP contribution in [0.4, 0.5) is 10.1 Å². The lowest BCUT2D eigenvalue weighted by molar-refractivity contribution is -0.154. The van der Waals surface area contributed by atoms with Crippen molar-refractivity contribution in [3.05, 3.63) is 29.6 Å². The average molecular weight is 336 g/mol. The number of hydrogen-bond acceptors (Lipinski definition) is 4. The molecule has 0 radical (unpaired) electrons. The van der Waals surface area contributed by atoms with Crippen molar-refractivity contribution in [2.75, 3.05) is 19.4 Å². The summed E-state index contributed by atoms with van der Waals surface area (Å²) in [6, 6.07) is 5.36. The normalized spacial score (nSPS) is 27.2. The van der Waals surface area contributed by atoms with Gasteiger partial charge in [-0.1, -0.05) is 19.9 Å². The third-order valence-electron chi connectivity index (χ3n) is 5.19. The topological polar surface area (TPSA) is 55.6 Å². The van der Waals surface area contributed by atoms with Gasteiger partial charge in [0.1, 0.15) is 5.82 Å². The summed E-state index contributed by atoms with van der Waals surface area (Å²) in [6.07, 6.45) is 1.89. The molecule has 0 aliphatic heterocycles. The predicted molar refractivity (Wildman–Crippen MR) is 93.8 cm³/mol. The molecule has 1 aromatic rings. The number of ether oxygens (including phenoxy) is 1. The van der Waals surface area contributed by atoms with Gasteiger partial charge in [-0.25, -0.2) is 4.39 Å². The van der Waals surface area contributed by atoms with E-state index in [1.54, 1.807) is 6.07 Å². The minimum Gasteiger partial charge on any atom is -0.466 e. The number of anilines is 1. The van der Waals surface area contributed by atoms with E-state index in [2.05, 4.69) is 25.8 Å². The maximum Gasteiger partial charge on any atom is 0.309 e. The molecule has 0 heterocycles. The quantitative estimate of drug-likeness (QED) is 0.661. The molecule has 0 amide bonds. The van der Waals surface area contributed by atoms with Crippen molar-refractivity contribution in [2.24, 2.45) is 17.8 Å². The van der Waals surface area contributed by atoms with Gasteiger partial charge in [0.05, 0.1) is 18.2 Å². The Bertz CT molecular complexity index is 566. The first-order chi connectivity index (χ1) is 11.3. The first-order valence-corrected chi connectivity index (χ1v) is 8.74. The van der Waals surface area contributed by atoms with E-state index in [1.807, 2.05) is 13.0 Å². The molecule has 1 aliphatic rings. The highest BCUT2D eigenvalue weighted by molar-refractivity contribution is 5.73. The molecule has 5 heteroatoms. The Morgan fingerprint density at radius 3 is 2.50 bits per heavy atom. The SMILES string of the molecule is CCOC(=O)C1C(C)CC(N(C)Cc2ccc(N)c(F)c2)CC1C. The number of benzene rings is 1. The van der Waals surface area contributed by atoms with Crippen LogP contribution in [0.3, 0.4) is 0 Å². The number of carbonyl (C=O) groups excluding carboxylic acids is 1. The number of nitrogens with zero attached hydrogens (tertiary/aromatic N) is 1. The summed E-state index contributed by atoms with van der Waals surface area (Å²) in [6.45, 7) is 7.20. The van der Waals surface area contributed by atoms with Gasteiger partial charge in [0.25, 0.3) is 0 Å². The van der Waals surface area contributed by atoms with Gasteiger partial charge in [-0.3, -0.25) is 9.69 Å². The molecule has 0 saturated heterocycles. The molecule has 2 atom stereocenters. The first kappa shape index (κ1) is 18.7. The Balaban J connectivity index is 2.00. The Kier molecular flexibility index (Phi) is 6.21. The van der Waals surface area contributed by atoms with Crippen LogP contribution in [0.5, 0.6) is 0 Å². The van der Waals surface area contributed by atoms with Crippen LogP contribution in [-0.2, 0) is 16.1 Å². The van der Waals surface area contributed by atoms with Gasteiger partial charge in [0, 0.05) is 12.6 Å². The molecule has 4 nitrogen and oxygen atoms in total. The predicted octanol–water partition coefficient (Wildman–Crippen LogP) is 3.45.